The van der Waals surface area contributed by atoms with Crippen molar-refractivity contribution in [2.45, 2.75) is 17.9 Å². The summed E-state index contributed by atoms with van der Waals surface area (Å²) in [5, 5.41) is 16.1. The predicted octanol–water partition coefficient (Wildman–Crippen LogP) is 2.62. The van der Waals surface area contributed by atoms with Crippen molar-refractivity contribution in [3.05, 3.63) is 70.3 Å². The van der Waals surface area contributed by atoms with Gasteiger partial charge in [-0.25, -0.2) is 0 Å². The zero-order valence-corrected chi connectivity index (χ0v) is 15.0. The van der Waals surface area contributed by atoms with Crippen LogP contribution in [0.25, 0.3) is 0 Å². The van der Waals surface area contributed by atoms with E-state index in [0.717, 1.165) is 4.90 Å². The molecule has 0 aliphatic carbocycles. The van der Waals surface area contributed by atoms with Crippen LogP contribution in [0.4, 0.5) is 5.69 Å². The molecular formula is C18H19N3O4S. The second kappa shape index (κ2) is 9.57. The summed E-state index contributed by atoms with van der Waals surface area (Å²) in [5.41, 5.74) is -0.0359. The van der Waals surface area contributed by atoms with Gasteiger partial charge in [0.25, 0.3) is 11.6 Å². The minimum atomic E-state index is -0.747. The van der Waals surface area contributed by atoms with Gasteiger partial charge in [-0.1, -0.05) is 24.3 Å². The van der Waals surface area contributed by atoms with Crippen LogP contribution in [-0.2, 0) is 4.79 Å². The second-order valence-corrected chi connectivity index (χ2v) is 6.62. The molecule has 0 spiro atoms. The van der Waals surface area contributed by atoms with Gasteiger partial charge in [0.15, 0.2) is 0 Å². The van der Waals surface area contributed by atoms with Gasteiger partial charge in [-0.15, -0.1) is 11.8 Å². The highest BCUT2D eigenvalue weighted by Gasteiger charge is 2.17. The van der Waals surface area contributed by atoms with E-state index in [4.69, 9.17) is 0 Å². The number of rotatable bonds is 8. The number of nitrogens with one attached hydrogen (secondary N) is 2. The van der Waals surface area contributed by atoms with Gasteiger partial charge < -0.3 is 10.6 Å². The number of carbonyl (C=O) groups excluding carboxylic acids is 2. The van der Waals surface area contributed by atoms with Gasteiger partial charge in [0.1, 0.15) is 6.04 Å². The van der Waals surface area contributed by atoms with Gasteiger partial charge in [0.05, 0.1) is 4.92 Å². The summed E-state index contributed by atoms with van der Waals surface area (Å²) in [7, 11) is 0. The van der Waals surface area contributed by atoms with Crippen LogP contribution in [0.5, 0.6) is 0 Å². The maximum absolute atomic E-state index is 12.1. The van der Waals surface area contributed by atoms with E-state index in [-0.39, 0.29) is 17.2 Å². The number of amides is 2. The maximum Gasteiger partial charge on any atom is 0.270 e. The van der Waals surface area contributed by atoms with E-state index in [2.05, 4.69) is 10.6 Å². The molecule has 0 aliphatic rings. The average molecular weight is 373 g/mol. The molecule has 2 N–H and O–H groups in total. The zero-order chi connectivity index (χ0) is 18.9. The van der Waals surface area contributed by atoms with E-state index in [1.807, 2.05) is 30.3 Å². The van der Waals surface area contributed by atoms with Crippen molar-refractivity contribution in [1.29, 1.82) is 0 Å². The Hall–Kier alpha value is -2.87. The van der Waals surface area contributed by atoms with Crippen LogP contribution < -0.4 is 10.6 Å². The smallest absolute Gasteiger partial charge is 0.270 e. The first-order valence-corrected chi connectivity index (χ1v) is 8.97. The van der Waals surface area contributed by atoms with E-state index >= 15 is 0 Å². The quantitative estimate of drug-likeness (QED) is 0.321. The number of nitro groups is 1. The van der Waals surface area contributed by atoms with E-state index in [9.17, 15) is 19.7 Å². The normalized spacial score (nSPS) is 11.4. The van der Waals surface area contributed by atoms with E-state index in [0.29, 0.717) is 12.3 Å². The van der Waals surface area contributed by atoms with Crippen molar-refractivity contribution in [3.63, 3.8) is 0 Å². The van der Waals surface area contributed by atoms with Gasteiger partial charge in [0, 0.05) is 34.9 Å². The highest BCUT2D eigenvalue weighted by Crippen LogP contribution is 2.16. The number of nitro benzene ring substituents is 1. The zero-order valence-electron chi connectivity index (χ0n) is 14.2. The number of hydrogen-bond donors (Lipinski definition) is 2. The van der Waals surface area contributed by atoms with Crippen LogP contribution in [0.3, 0.4) is 0 Å². The standard InChI is InChI=1S/C18H19N3O4S/c1-13(17(22)19-10-11-26-16-8-3-2-4-9-16)20-18(23)14-6-5-7-15(12-14)21(24)25/h2-9,12-13H,10-11H2,1H3,(H,19,22)(H,20,23)/t13-/m0/s1. The molecule has 0 radical (unpaired) electrons. The van der Waals surface area contributed by atoms with Crippen molar-refractivity contribution < 1.29 is 14.5 Å². The van der Waals surface area contributed by atoms with Crippen LogP contribution in [0.1, 0.15) is 17.3 Å². The second-order valence-electron chi connectivity index (χ2n) is 5.46. The van der Waals surface area contributed by atoms with E-state index < -0.39 is 16.9 Å². The Balaban J connectivity index is 1.78. The maximum atomic E-state index is 12.1. The van der Waals surface area contributed by atoms with Crippen LogP contribution in [0.15, 0.2) is 59.5 Å². The van der Waals surface area contributed by atoms with Crippen molar-refractivity contribution in [2.75, 3.05) is 12.3 Å². The first-order chi connectivity index (χ1) is 12.5. The third-order valence-electron chi connectivity index (χ3n) is 3.47. The lowest BCUT2D eigenvalue weighted by atomic mass is 10.1. The van der Waals surface area contributed by atoms with Crippen LogP contribution in [0, 0.1) is 10.1 Å². The summed E-state index contributed by atoms with van der Waals surface area (Å²) in [6.07, 6.45) is 0. The van der Waals surface area contributed by atoms with Crippen LogP contribution in [-0.4, -0.2) is 35.1 Å². The molecule has 7 nitrogen and oxygen atoms in total. The largest absolute Gasteiger partial charge is 0.353 e. The highest BCUT2D eigenvalue weighted by atomic mass is 32.2. The summed E-state index contributed by atoms with van der Waals surface area (Å²) < 4.78 is 0. The molecule has 2 rings (SSSR count). The molecule has 26 heavy (non-hydrogen) atoms. The summed E-state index contributed by atoms with van der Waals surface area (Å²) in [4.78, 5) is 35.5. The molecule has 0 aliphatic heterocycles. The summed E-state index contributed by atoms with van der Waals surface area (Å²) in [6, 6.07) is 14.5. The summed E-state index contributed by atoms with van der Waals surface area (Å²) >= 11 is 1.62. The molecule has 1 atom stereocenters. The minimum Gasteiger partial charge on any atom is -0.353 e. The molecule has 0 saturated heterocycles. The average Bonchev–Trinajstić information content (AvgIpc) is 2.65. The van der Waals surface area contributed by atoms with Gasteiger partial charge in [-0.05, 0) is 25.1 Å². The molecule has 2 amide bonds. The van der Waals surface area contributed by atoms with Crippen molar-refractivity contribution in [1.82, 2.24) is 10.6 Å². The fourth-order valence-electron chi connectivity index (χ4n) is 2.12. The molecule has 0 saturated carbocycles. The first kappa shape index (κ1) is 19.5. The topological polar surface area (TPSA) is 101 Å². The molecule has 136 valence electrons. The predicted molar refractivity (Wildman–Crippen MR) is 100 cm³/mol. The third-order valence-corrected chi connectivity index (χ3v) is 4.49. The van der Waals surface area contributed by atoms with Gasteiger partial charge >= 0.3 is 0 Å². The Morgan fingerprint density at radius 1 is 1.15 bits per heavy atom. The molecule has 0 fully saturated rings. The molecular weight excluding hydrogens is 354 g/mol. The molecule has 0 heterocycles. The minimum absolute atomic E-state index is 0.137. The van der Waals surface area contributed by atoms with E-state index in [1.54, 1.807) is 18.7 Å². The van der Waals surface area contributed by atoms with Crippen molar-refractivity contribution >= 4 is 29.3 Å². The van der Waals surface area contributed by atoms with E-state index in [1.165, 1.54) is 24.3 Å². The van der Waals surface area contributed by atoms with Crippen LogP contribution in [0.2, 0.25) is 0 Å². The SMILES string of the molecule is C[C@H](NC(=O)c1cccc([N+](=O)[O-])c1)C(=O)NCCSc1ccccc1. The number of nitrogens with zero attached hydrogens (tertiary/aromatic N) is 1. The lowest BCUT2D eigenvalue weighted by Crippen LogP contribution is -2.45. The summed E-state index contributed by atoms with van der Waals surface area (Å²) in [5.74, 6) is -0.131. The molecule has 2 aromatic rings. The Labute approximate surface area is 155 Å². The lowest BCUT2D eigenvalue weighted by Gasteiger charge is -2.14. The fourth-order valence-corrected chi connectivity index (χ4v) is 2.91. The first-order valence-electron chi connectivity index (χ1n) is 7.98. The third kappa shape index (κ3) is 5.89. The number of carbonyl (C=O) groups is 2. The Morgan fingerprint density at radius 3 is 2.58 bits per heavy atom. The summed E-state index contributed by atoms with van der Waals surface area (Å²) in [6.45, 7) is 2.03. The monoisotopic (exact) mass is 373 g/mol. The fraction of sp³-hybridized carbons (Fsp3) is 0.222. The number of benzene rings is 2. The van der Waals surface area contributed by atoms with Gasteiger partial charge in [-0.2, -0.15) is 0 Å². The highest BCUT2D eigenvalue weighted by molar-refractivity contribution is 7.99. The van der Waals surface area contributed by atoms with Gasteiger partial charge in [-0.3, -0.25) is 19.7 Å². The molecule has 0 unspecified atom stereocenters. The Bertz CT molecular complexity index is 783. The Kier molecular flexibility index (Phi) is 7.16. The van der Waals surface area contributed by atoms with Gasteiger partial charge in [0.2, 0.25) is 5.91 Å². The number of non-ortho nitro benzene ring substituents is 1. The lowest BCUT2D eigenvalue weighted by molar-refractivity contribution is -0.384. The van der Waals surface area contributed by atoms with Crippen LogP contribution >= 0.6 is 11.8 Å². The molecule has 8 heteroatoms. The number of hydrogen-bond acceptors (Lipinski definition) is 5. The molecule has 0 bridgehead atoms. The molecule has 2 aromatic carbocycles. The van der Waals surface area contributed by atoms with Crippen molar-refractivity contribution in [2.24, 2.45) is 0 Å². The molecule has 0 aromatic heterocycles. The number of thioether (sulfide) groups is 1. The van der Waals surface area contributed by atoms with Crippen molar-refractivity contribution in [3.8, 4) is 0 Å². The Morgan fingerprint density at radius 2 is 1.88 bits per heavy atom.